The van der Waals surface area contributed by atoms with E-state index in [2.05, 4.69) is 46.8 Å². The summed E-state index contributed by atoms with van der Waals surface area (Å²) in [5.41, 5.74) is 2.75. The lowest BCUT2D eigenvalue weighted by Crippen LogP contribution is -2.23. The van der Waals surface area contributed by atoms with Crippen LogP contribution in [-0.4, -0.2) is 38.0 Å². The SMILES string of the molecule is CCOc1ccccc1NC(=O)[C@H](C)Sc1nnnn1-c1ccc(C(C)C)cc1. The first-order valence-electron chi connectivity index (χ1n) is 9.57. The van der Waals surface area contributed by atoms with Crippen molar-refractivity contribution >= 4 is 23.4 Å². The molecule has 1 aromatic heterocycles. The Hall–Kier alpha value is -2.87. The molecule has 0 spiro atoms. The largest absolute Gasteiger partial charge is 0.492 e. The summed E-state index contributed by atoms with van der Waals surface area (Å²) in [6, 6.07) is 15.5. The number of hydrogen-bond acceptors (Lipinski definition) is 6. The minimum absolute atomic E-state index is 0.146. The maximum absolute atomic E-state index is 12.7. The van der Waals surface area contributed by atoms with E-state index in [-0.39, 0.29) is 5.91 Å². The quantitative estimate of drug-likeness (QED) is 0.557. The van der Waals surface area contributed by atoms with Gasteiger partial charge < -0.3 is 10.1 Å². The molecule has 0 radical (unpaired) electrons. The van der Waals surface area contributed by atoms with Crippen LogP contribution in [0.5, 0.6) is 5.75 Å². The molecule has 3 aromatic rings. The molecule has 0 aliphatic heterocycles. The van der Waals surface area contributed by atoms with Crippen molar-refractivity contribution in [3.05, 3.63) is 54.1 Å². The number of tetrazole rings is 1. The second-order valence-electron chi connectivity index (χ2n) is 6.80. The van der Waals surface area contributed by atoms with Gasteiger partial charge in [0.1, 0.15) is 5.75 Å². The molecule has 8 heteroatoms. The predicted molar refractivity (Wildman–Crippen MR) is 115 cm³/mol. The van der Waals surface area contributed by atoms with Crippen LogP contribution in [0.3, 0.4) is 0 Å². The van der Waals surface area contributed by atoms with Gasteiger partial charge >= 0.3 is 0 Å². The van der Waals surface area contributed by atoms with Gasteiger partial charge in [-0.05, 0) is 60.0 Å². The maximum atomic E-state index is 12.7. The number of carbonyl (C=O) groups excluding carboxylic acids is 1. The summed E-state index contributed by atoms with van der Waals surface area (Å²) in [6.45, 7) is 8.56. The van der Waals surface area contributed by atoms with Crippen molar-refractivity contribution in [2.24, 2.45) is 0 Å². The van der Waals surface area contributed by atoms with Gasteiger partial charge in [0, 0.05) is 0 Å². The van der Waals surface area contributed by atoms with Crippen molar-refractivity contribution in [3.8, 4) is 11.4 Å². The zero-order valence-corrected chi connectivity index (χ0v) is 17.8. The molecular weight excluding hydrogens is 386 g/mol. The highest BCUT2D eigenvalue weighted by Gasteiger charge is 2.20. The van der Waals surface area contributed by atoms with Crippen molar-refractivity contribution in [1.29, 1.82) is 0 Å². The van der Waals surface area contributed by atoms with Crippen LogP contribution in [0.4, 0.5) is 5.69 Å². The predicted octanol–water partition coefficient (Wildman–Crippen LogP) is 4.30. The van der Waals surface area contributed by atoms with Gasteiger partial charge in [0.05, 0.1) is 23.2 Å². The first-order valence-corrected chi connectivity index (χ1v) is 10.5. The first kappa shape index (κ1) is 20.9. The normalized spacial score (nSPS) is 12.0. The fourth-order valence-corrected chi connectivity index (χ4v) is 3.52. The Labute approximate surface area is 174 Å². The van der Waals surface area contributed by atoms with Crippen LogP contribution in [0.2, 0.25) is 0 Å². The molecule has 0 bridgehead atoms. The summed E-state index contributed by atoms with van der Waals surface area (Å²) in [7, 11) is 0. The lowest BCUT2D eigenvalue weighted by molar-refractivity contribution is -0.115. The van der Waals surface area contributed by atoms with Crippen molar-refractivity contribution in [2.75, 3.05) is 11.9 Å². The van der Waals surface area contributed by atoms with Gasteiger partial charge in [-0.25, -0.2) is 0 Å². The van der Waals surface area contributed by atoms with E-state index in [4.69, 9.17) is 4.74 Å². The Morgan fingerprint density at radius 3 is 2.55 bits per heavy atom. The van der Waals surface area contributed by atoms with Gasteiger partial charge in [-0.3, -0.25) is 4.79 Å². The van der Waals surface area contributed by atoms with Crippen LogP contribution >= 0.6 is 11.8 Å². The zero-order chi connectivity index (χ0) is 20.8. The van der Waals surface area contributed by atoms with Crippen molar-refractivity contribution in [1.82, 2.24) is 20.2 Å². The highest BCUT2D eigenvalue weighted by molar-refractivity contribution is 8.00. The third kappa shape index (κ3) is 5.14. The molecule has 0 saturated heterocycles. The molecule has 0 aliphatic rings. The molecule has 3 rings (SSSR count). The Morgan fingerprint density at radius 2 is 1.86 bits per heavy atom. The van der Waals surface area contributed by atoms with Gasteiger partial charge in [0.15, 0.2) is 0 Å². The number of hydrogen-bond donors (Lipinski definition) is 1. The number of thioether (sulfide) groups is 1. The van der Waals surface area contributed by atoms with Gasteiger partial charge in [-0.15, -0.1) is 5.10 Å². The molecule has 7 nitrogen and oxygen atoms in total. The van der Waals surface area contributed by atoms with Crippen LogP contribution in [-0.2, 0) is 4.79 Å². The number of benzene rings is 2. The maximum Gasteiger partial charge on any atom is 0.237 e. The summed E-state index contributed by atoms with van der Waals surface area (Å²) in [6.07, 6.45) is 0. The fraction of sp³-hybridized carbons (Fsp3) is 0.333. The first-order chi connectivity index (χ1) is 14.0. The van der Waals surface area contributed by atoms with Gasteiger partial charge in [-0.1, -0.05) is 49.9 Å². The molecule has 0 aliphatic carbocycles. The van der Waals surface area contributed by atoms with Crippen LogP contribution in [0.1, 0.15) is 39.2 Å². The van der Waals surface area contributed by atoms with Crippen molar-refractivity contribution < 1.29 is 9.53 Å². The van der Waals surface area contributed by atoms with E-state index in [9.17, 15) is 4.79 Å². The topological polar surface area (TPSA) is 81.9 Å². The number of anilines is 1. The number of amides is 1. The molecule has 29 heavy (non-hydrogen) atoms. The number of rotatable bonds is 8. The summed E-state index contributed by atoms with van der Waals surface area (Å²) in [5.74, 6) is 0.956. The Balaban J connectivity index is 1.71. The monoisotopic (exact) mass is 411 g/mol. The van der Waals surface area contributed by atoms with Crippen molar-refractivity contribution in [3.63, 3.8) is 0 Å². The average Bonchev–Trinajstić information content (AvgIpc) is 3.17. The minimum Gasteiger partial charge on any atom is -0.492 e. The standard InChI is InChI=1S/C21H25N5O2S/c1-5-28-19-9-7-6-8-18(19)22-20(27)15(4)29-21-23-24-25-26(21)17-12-10-16(11-13-17)14(2)3/h6-15H,5H2,1-4H3,(H,22,27)/t15-/m0/s1. The lowest BCUT2D eigenvalue weighted by Gasteiger charge is -2.14. The van der Waals surface area contributed by atoms with E-state index >= 15 is 0 Å². The van der Waals surface area contributed by atoms with Crippen LogP contribution < -0.4 is 10.1 Å². The summed E-state index contributed by atoms with van der Waals surface area (Å²) >= 11 is 1.30. The Bertz CT molecular complexity index is 956. The van der Waals surface area contributed by atoms with E-state index in [0.29, 0.717) is 29.1 Å². The van der Waals surface area contributed by atoms with E-state index in [0.717, 1.165) is 5.69 Å². The van der Waals surface area contributed by atoms with Crippen LogP contribution in [0, 0.1) is 0 Å². The molecule has 2 aromatic carbocycles. The second-order valence-corrected chi connectivity index (χ2v) is 8.11. The van der Waals surface area contributed by atoms with Gasteiger partial charge in [0.2, 0.25) is 11.1 Å². The highest BCUT2D eigenvalue weighted by Crippen LogP contribution is 2.27. The summed E-state index contributed by atoms with van der Waals surface area (Å²) < 4.78 is 7.21. The highest BCUT2D eigenvalue weighted by atomic mass is 32.2. The zero-order valence-electron chi connectivity index (χ0n) is 17.0. The molecule has 152 valence electrons. The van der Waals surface area contributed by atoms with Crippen LogP contribution in [0.25, 0.3) is 5.69 Å². The number of ether oxygens (including phenoxy) is 1. The third-order valence-electron chi connectivity index (χ3n) is 4.34. The number of nitrogens with one attached hydrogen (secondary N) is 1. The van der Waals surface area contributed by atoms with Gasteiger partial charge in [-0.2, -0.15) is 4.68 Å². The molecule has 0 saturated carbocycles. The number of para-hydroxylation sites is 2. The Kier molecular flexibility index (Phi) is 6.87. The molecule has 1 atom stereocenters. The lowest BCUT2D eigenvalue weighted by atomic mass is 10.0. The Morgan fingerprint density at radius 1 is 1.14 bits per heavy atom. The molecule has 0 fully saturated rings. The smallest absolute Gasteiger partial charge is 0.237 e. The fourth-order valence-electron chi connectivity index (χ4n) is 2.71. The van der Waals surface area contributed by atoms with Crippen molar-refractivity contribution in [2.45, 2.75) is 44.0 Å². The summed E-state index contributed by atoms with van der Waals surface area (Å²) in [4.78, 5) is 12.7. The number of aromatic nitrogens is 4. The van der Waals surface area contributed by atoms with E-state index in [1.54, 1.807) is 4.68 Å². The third-order valence-corrected chi connectivity index (χ3v) is 5.37. The van der Waals surface area contributed by atoms with E-state index in [1.807, 2.05) is 50.2 Å². The number of carbonyl (C=O) groups is 1. The summed E-state index contributed by atoms with van der Waals surface area (Å²) in [5, 5.41) is 15.0. The van der Waals surface area contributed by atoms with E-state index in [1.165, 1.54) is 17.3 Å². The molecule has 1 N–H and O–H groups in total. The molecule has 0 unspecified atom stereocenters. The number of nitrogens with zero attached hydrogens (tertiary/aromatic N) is 4. The average molecular weight is 412 g/mol. The van der Waals surface area contributed by atoms with Crippen LogP contribution in [0.15, 0.2) is 53.7 Å². The minimum atomic E-state index is -0.399. The molecule has 1 amide bonds. The second kappa shape index (κ2) is 9.56. The van der Waals surface area contributed by atoms with E-state index < -0.39 is 5.25 Å². The molecular formula is C21H25N5O2S. The molecule has 1 heterocycles. The van der Waals surface area contributed by atoms with Gasteiger partial charge in [0.25, 0.3) is 0 Å².